The van der Waals surface area contributed by atoms with Crippen molar-refractivity contribution in [2.75, 3.05) is 6.54 Å². The summed E-state index contributed by atoms with van der Waals surface area (Å²) >= 11 is 0. The van der Waals surface area contributed by atoms with Crippen LogP contribution in [-0.2, 0) is 6.42 Å². The van der Waals surface area contributed by atoms with Crippen molar-refractivity contribution in [3.63, 3.8) is 0 Å². The molecular formula is C15H21N. The third-order valence-electron chi connectivity index (χ3n) is 4.43. The Hall–Kier alpha value is -0.820. The van der Waals surface area contributed by atoms with Crippen molar-refractivity contribution in [3.8, 4) is 0 Å². The molecule has 86 valence electrons. The van der Waals surface area contributed by atoms with Crippen LogP contribution >= 0.6 is 0 Å². The van der Waals surface area contributed by atoms with Gasteiger partial charge in [0.25, 0.3) is 0 Å². The van der Waals surface area contributed by atoms with Gasteiger partial charge in [-0.15, -0.1) is 0 Å². The SMILES string of the molecule is c1ccc(CC2CC3(CCCC3)CN2)cc1. The predicted molar refractivity (Wildman–Crippen MR) is 67.5 cm³/mol. The third-order valence-corrected chi connectivity index (χ3v) is 4.43. The summed E-state index contributed by atoms with van der Waals surface area (Å²) in [6, 6.07) is 11.6. The molecule has 1 heteroatoms. The van der Waals surface area contributed by atoms with E-state index in [0.717, 1.165) is 6.04 Å². The second-order valence-electron chi connectivity index (χ2n) is 5.68. The molecule has 1 spiro atoms. The fourth-order valence-corrected chi connectivity index (χ4v) is 3.58. The van der Waals surface area contributed by atoms with Crippen molar-refractivity contribution >= 4 is 0 Å². The molecule has 1 N–H and O–H groups in total. The van der Waals surface area contributed by atoms with E-state index in [9.17, 15) is 0 Å². The summed E-state index contributed by atoms with van der Waals surface area (Å²) in [4.78, 5) is 0. The zero-order valence-electron chi connectivity index (χ0n) is 9.91. The first-order chi connectivity index (χ1) is 7.86. The highest BCUT2D eigenvalue weighted by molar-refractivity contribution is 5.16. The van der Waals surface area contributed by atoms with Crippen LogP contribution in [0.25, 0.3) is 0 Å². The lowest BCUT2D eigenvalue weighted by molar-refractivity contribution is 0.327. The summed E-state index contributed by atoms with van der Waals surface area (Å²) in [7, 11) is 0. The van der Waals surface area contributed by atoms with Crippen LogP contribution in [0.3, 0.4) is 0 Å². The highest BCUT2D eigenvalue weighted by Crippen LogP contribution is 2.44. The smallest absolute Gasteiger partial charge is 0.0113 e. The van der Waals surface area contributed by atoms with E-state index in [1.54, 1.807) is 0 Å². The molecule has 1 unspecified atom stereocenters. The van der Waals surface area contributed by atoms with Crippen molar-refractivity contribution in [3.05, 3.63) is 35.9 Å². The molecule has 1 saturated carbocycles. The van der Waals surface area contributed by atoms with Crippen LogP contribution in [0.15, 0.2) is 30.3 Å². The van der Waals surface area contributed by atoms with Gasteiger partial charge in [0.15, 0.2) is 0 Å². The van der Waals surface area contributed by atoms with E-state index >= 15 is 0 Å². The molecule has 0 radical (unpaired) electrons. The van der Waals surface area contributed by atoms with E-state index in [1.807, 2.05) is 0 Å². The number of rotatable bonds is 2. The molecule has 2 fully saturated rings. The van der Waals surface area contributed by atoms with E-state index in [0.29, 0.717) is 5.41 Å². The van der Waals surface area contributed by atoms with Crippen LogP contribution in [0.5, 0.6) is 0 Å². The molecule has 1 nitrogen and oxygen atoms in total. The van der Waals surface area contributed by atoms with Gasteiger partial charge in [0, 0.05) is 12.6 Å². The van der Waals surface area contributed by atoms with E-state index in [1.165, 1.54) is 50.6 Å². The van der Waals surface area contributed by atoms with Crippen LogP contribution in [-0.4, -0.2) is 12.6 Å². The number of hydrogen-bond acceptors (Lipinski definition) is 1. The normalized spacial score (nSPS) is 27.6. The average Bonchev–Trinajstić information content (AvgIpc) is 2.92. The quantitative estimate of drug-likeness (QED) is 0.799. The van der Waals surface area contributed by atoms with Crippen LogP contribution in [0.2, 0.25) is 0 Å². The van der Waals surface area contributed by atoms with Crippen molar-refractivity contribution in [2.24, 2.45) is 5.41 Å². The van der Waals surface area contributed by atoms with E-state index in [-0.39, 0.29) is 0 Å². The second kappa shape index (κ2) is 4.21. The van der Waals surface area contributed by atoms with Gasteiger partial charge >= 0.3 is 0 Å². The first kappa shape index (κ1) is 10.3. The van der Waals surface area contributed by atoms with Gasteiger partial charge in [0.1, 0.15) is 0 Å². The van der Waals surface area contributed by atoms with Crippen LogP contribution in [0.1, 0.15) is 37.7 Å². The molecule has 3 rings (SSSR count). The standard InChI is InChI=1S/C15H21N/c1-2-6-13(7-3-1)10-14-11-15(12-16-14)8-4-5-9-15/h1-3,6-7,14,16H,4-5,8-12H2. The summed E-state index contributed by atoms with van der Waals surface area (Å²) in [5.41, 5.74) is 2.16. The molecule has 16 heavy (non-hydrogen) atoms. The largest absolute Gasteiger partial charge is 0.313 e. The predicted octanol–water partition coefficient (Wildman–Crippen LogP) is 3.15. The Morgan fingerprint density at radius 2 is 1.88 bits per heavy atom. The topological polar surface area (TPSA) is 12.0 Å². The summed E-state index contributed by atoms with van der Waals surface area (Å²) in [6.07, 6.45) is 8.46. The van der Waals surface area contributed by atoms with Gasteiger partial charge in [-0.2, -0.15) is 0 Å². The van der Waals surface area contributed by atoms with E-state index < -0.39 is 0 Å². The van der Waals surface area contributed by atoms with Crippen molar-refractivity contribution in [2.45, 2.75) is 44.6 Å². The maximum atomic E-state index is 3.74. The van der Waals surface area contributed by atoms with Gasteiger partial charge in [-0.25, -0.2) is 0 Å². The summed E-state index contributed by atoms with van der Waals surface area (Å²) in [5.74, 6) is 0. The first-order valence-electron chi connectivity index (χ1n) is 6.64. The summed E-state index contributed by atoms with van der Waals surface area (Å²) in [5, 5.41) is 3.74. The lowest BCUT2D eigenvalue weighted by Crippen LogP contribution is -2.24. The zero-order valence-corrected chi connectivity index (χ0v) is 9.91. The molecule has 0 aromatic heterocycles. The Labute approximate surface area is 98.3 Å². The highest BCUT2D eigenvalue weighted by Gasteiger charge is 2.40. The van der Waals surface area contributed by atoms with Gasteiger partial charge in [-0.3, -0.25) is 0 Å². The first-order valence-corrected chi connectivity index (χ1v) is 6.64. The van der Waals surface area contributed by atoms with Gasteiger partial charge in [0.2, 0.25) is 0 Å². The number of nitrogens with one attached hydrogen (secondary N) is 1. The number of benzene rings is 1. The Kier molecular flexibility index (Phi) is 2.72. The Bertz CT molecular complexity index is 338. The Morgan fingerprint density at radius 1 is 1.12 bits per heavy atom. The fourth-order valence-electron chi connectivity index (χ4n) is 3.58. The molecule has 1 heterocycles. The van der Waals surface area contributed by atoms with Crippen molar-refractivity contribution in [1.29, 1.82) is 0 Å². The molecular weight excluding hydrogens is 194 g/mol. The molecule has 1 aliphatic carbocycles. The lowest BCUT2D eigenvalue weighted by atomic mass is 9.83. The maximum absolute atomic E-state index is 3.74. The Balaban J connectivity index is 1.62. The summed E-state index contributed by atoms with van der Waals surface area (Å²) < 4.78 is 0. The second-order valence-corrected chi connectivity index (χ2v) is 5.68. The van der Waals surface area contributed by atoms with Crippen LogP contribution in [0, 0.1) is 5.41 Å². The van der Waals surface area contributed by atoms with Gasteiger partial charge in [-0.05, 0) is 36.7 Å². The third kappa shape index (κ3) is 2.01. The monoisotopic (exact) mass is 215 g/mol. The highest BCUT2D eigenvalue weighted by atomic mass is 15.0. The van der Waals surface area contributed by atoms with E-state index in [4.69, 9.17) is 0 Å². The van der Waals surface area contributed by atoms with Gasteiger partial charge < -0.3 is 5.32 Å². The molecule has 0 amide bonds. The Morgan fingerprint density at radius 3 is 2.62 bits per heavy atom. The number of hydrogen-bond donors (Lipinski definition) is 1. The van der Waals surface area contributed by atoms with E-state index in [2.05, 4.69) is 35.6 Å². The molecule has 1 aromatic rings. The minimum absolute atomic E-state index is 0.680. The molecule has 1 aliphatic heterocycles. The van der Waals surface area contributed by atoms with Gasteiger partial charge in [0.05, 0.1) is 0 Å². The zero-order chi connectivity index (χ0) is 10.8. The fraction of sp³-hybridized carbons (Fsp3) is 0.600. The molecule has 0 bridgehead atoms. The van der Waals surface area contributed by atoms with Crippen LogP contribution < -0.4 is 5.32 Å². The summed E-state index contributed by atoms with van der Waals surface area (Å²) in [6.45, 7) is 1.27. The van der Waals surface area contributed by atoms with Crippen LogP contribution in [0.4, 0.5) is 0 Å². The molecule has 1 saturated heterocycles. The molecule has 1 aromatic carbocycles. The van der Waals surface area contributed by atoms with Gasteiger partial charge in [-0.1, -0.05) is 43.2 Å². The lowest BCUT2D eigenvalue weighted by Gasteiger charge is -2.21. The molecule has 2 aliphatic rings. The van der Waals surface area contributed by atoms with Crippen molar-refractivity contribution in [1.82, 2.24) is 5.32 Å². The maximum Gasteiger partial charge on any atom is 0.0113 e. The van der Waals surface area contributed by atoms with Crippen molar-refractivity contribution < 1.29 is 0 Å². The molecule has 1 atom stereocenters. The minimum Gasteiger partial charge on any atom is -0.313 e. The average molecular weight is 215 g/mol. The minimum atomic E-state index is 0.680.